The van der Waals surface area contributed by atoms with Crippen molar-refractivity contribution in [1.29, 1.82) is 0 Å². The smallest absolute Gasteiger partial charge is 0.333 e. The van der Waals surface area contributed by atoms with Crippen molar-refractivity contribution in [2.45, 2.75) is 75.8 Å². The third-order valence-corrected chi connectivity index (χ3v) is 7.47. The fraction of sp³-hybridized carbons (Fsp3) is 0.818. The maximum Gasteiger partial charge on any atom is 0.333 e. The summed E-state index contributed by atoms with van der Waals surface area (Å²) < 4.78 is 21.5. The number of allylic oxidation sites excluding steroid dienone is 1. The number of ether oxygens (including phenoxy) is 4. The molecule has 3 aliphatic rings. The number of aliphatic hydroxyl groups is 4. The Balaban J connectivity index is 1.84. The molecule has 1 aliphatic heterocycles. The molecule has 3 rings (SSSR count). The lowest BCUT2D eigenvalue weighted by Gasteiger charge is -2.43. The van der Waals surface area contributed by atoms with Crippen molar-refractivity contribution in [3.05, 3.63) is 11.6 Å². The molecule has 9 unspecified atom stereocenters. The number of rotatable bonds is 6. The summed E-state index contributed by atoms with van der Waals surface area (Å²) in [6.45, 7) is 1.48. The zero-order valence-corrected chi connectivity index (χ0v) is 18.7. The van der Waals surface area contributed by atoms with Gasteiger partial charge in [0.15, 0.2) is 6.29 Å². The lowest BCUT2D eigenvalue weighted by atomic mass is 9.72. The average molecular weight is 459 g/mol. The Hall–Kier alpha value is -1.56. The van der Waals surface area contributed by atoms with E-state index >= 15 is 0 Å². The average Bonchev–Trinajstić information content (AvgIpc) is 2.91. The number of aliphatic hydroxyl groups excluding tert-OH is 4. The highest BCUT2D eigenvalue weighted by Gasteiger charge is 2.55. The van der Waals surface area contributed by atoms with E-state index in [1.54, 1.807) is 0 Å². The van der Waals surface area contributed by atoms with Crippen molar-refractivity contribution in [2.75, 3.05) is 20.8 Å². The molecule has 10 nitrogen and oxygen atoms in total. The van der Waals surface area contributed by atoms with Gasteiger partial charge in [0.05, 0.1) is 26.9 Å². The molecule has 2 aliphatic carbocycles. The fourth-order valence-electron chi connectivity index (χ4n) is 5.46. The minimum absolute atomic E-state index is 0.00126. The predicted molar refractivity (Wildman–Crippen MR) is 109 cm³/mol. The SMILES string of the molecule is COC(=O)CC1CC(OC2OC(CO)C(O)C(O)C2O)C2(C)CCC(C(=O)OC)=CCC12. The molecular formula is C22H34O10. The number of methoxy groups -OCH3 is 2. The van der Waals surface area contributed by atoms with Gasteiger partial charge >= 0.3 is 11.9 Å². The van der Waals surface area contributed by atoms with Crippen LogP contribution in [0.3, 0.4) is 0 Å². The van der Waals surface area contributed by atoms with Crippen LogP contribution in [0.2, 0.25) is 0 Å². The Morgan fingerprint density at radius 2 is 1.88 bits per heavy atom. The van der Waals surface area contributed by atoms with E-state index in [9.17, 15) is 30.0 Å². The van der Waals surface area contributed by atoms with E-state index in [2.05, 4.69) is 0 Å². The van der Waals surface area contributed by atoms with Crippen molar-refractivity contribution >= 4 is 11.9 Å². The summed E-state index contributed by atoms with van der Waals surface area (Å²) in [5, 5.41) is 40.0. The Morgan fingerprint density at radius 3 is 2.50 bits per heavy atom. The van der Waals surface area contributed by atoms with Crippen LogP contribution in [0.1, 0.15) is 39.0 Å². The summed E-state index contributed by atoms with van der Waals surface area (Å²) in [4.78, 5) is 24.2. The largest absolute Gasteiger partial charge is 0.469 e. The third-order valence-electron chi connectivity index (χ3n) is 7.47. The molecular weight excluding hydrogens is 424 g/mol. The Morgan fingerprint density at radius 1 is 1.16 bits per heavy atom. The molecule has 0 aromatic rings. The molecule has 0 amide bonds. The Labute approximate surface area is 187 Å². The van der Waals surface area contributed by atoms with Crippen molar-refractivity contribution < 1.29 is 49.0 Å². The van der Waals surface area contributed by atoms with Crippen molar-refractivity contribution in [3.63, 3.8) is 0 Å². The van der Waals surface area contributed by atoms with Gasteiger partial charge in [-0.15, -0.1) is 0 Å². The van der Waals surface area contributed by atoms with Gasteiger partial charge in [-0.05, 0) is 42.9 Å². The van der Waals surface area contributed by atoms with E-state index < -0.39 is 48.8 Å². The van der Waals surface area contributed by atoms with Crippen LogP contribution in [0.5, 0.6) is 0 Å². The van der Waals surface area contributed by atoms with E-state index in [-0.39, 0.29) is 30.2 Å². The van der Waals surface area contributed by atoms with Crippen molar-refractivity contribution in [2.24, 2.45) is 17.3 Å². The van der Waals surface area contributed by atoms with Crippen LogP contribution in [-0.2, 0) is 28.5 Å². The van der Waals surface area contributed by atoms with Gasteiger partial charge in [-0.1, -0.05) is 13.0 Å². The maximum absolute atomic E-state index is 12.1. The summed E-state index contributed by atoms with van der Waals surface area (Å²) in [6, 6.07) is 0. The summed E-state index contributed by atoms with van der Waals surface area (Å²) in [6.07, 6.45) is -3.17. The second kappa shape index (κ2) is 10.1. The van der Waals surface area contributed by atoms with Gasteiger partial charge in [0, 0.05) is 12.0 Å². The van der Waals surface area contributed by atoms with Crippen LogP contribution in [0.25, 0.3) is 0 Å². The van der Waals surface area contributed by atoms with E-state index in [0.29, 0.717) is 31.3 Å². The molecule has 2 fully saturated rings. The summed E-state index contributed by atoms with van der Waals surface area (Å²) in [5.74, 6) is -0.814. The highest BCUT2D eigenvalue weighted by atomic mass is 16.7. The third kappa shape index (κ3) is 4.71. The molecule has 182 valence electrons. The number of hydrogen-bond acceptors (Lipinski definition) is 10. The van der Waals surface area contributed by atoms with Gasteiger partial charge in [0.25, 0.3) is 0 Å². The first kappa shape index (κ1) is 25.1. The topological polar surface area (TPSA) is 152 Å². The van der Waals surface area contributed by atoms with E-state index in [1.165, 1.54) is 14.2 Å². The molecule has 10 heteroatoms. The normalized spacial score (nSPS) is 41.9. The molecule has 1 saturated heterocycles. The van der Waals surface area contributed by atoms with Gasteiger partial charge in [0.1, 0.15) is 24.4 Å². The van der Waals surface area contributed by atoms with Crippen molar-refractivity contribution in [1.82, 2.24) is 0 Å². The minimum atomic E-state index is -1.54. The summed E-state index contributed by atoms with van der Waals surface area (Å²) >= 11 is 0. The first-order chi connectivity index (χ1) is 15.2. The first-order valence-electron chi connectivity index (χ1n) is 11.0. The van der Waals surface area contributed by atoms with E-state index in [0.717, 1.165) is 0 Å². The molecule has 1 saturated carbocycles. The summed E-state index contributed by atoms with van der Waals surface area (Å²) in [5.41, 5.74) is 0.107. The molecule has 0 aromatic heterocycles. The van der Waals surface area contributed by atoms with Gasteiger partial charge in [-0.2, -0.15) is 0 Å². The van der Waals surface area contributed by atoms with Crippen LogP contribution >= 0.6 is 0 Å². The quantitative estimate of drug-likeness (QED) is 0.389. The van der Waals surface area contributed by atoms with Crippen LogP contribution in [0.4, 0.5) is 0 Å². The van der Waals surface area contributed by atoms with Gasteiger partial charge < -0.3 is 39.4 Å². The molecule has 1 heterocycles. The molecule has 0 aromatic carbocycles. The zero-order chi connectivity index (χ0) is 23.6. The van der Waals surface area contributed by atoms with Crippen LogP contribution in [0.15, 0.2) is 11.6 Å². The standard InChI is InChI=1S/C22H34O10/c1-22-7-6-11(20(28)30-3)4-5-13(22)12(9-16(24)29-2)8-15(22)32-21-19(27)18(26)17(25)14(10-23)31-21/h4,12-15,17-19,21,23,25-27H,5-10H2,1-3H3. The molecule has 9 atom stereocenters. The highest BCUT2D eigenvalue weighted by Crippen LogP contribution is 2.56. The number of esters is 2. The number of carbonyl (C=O) groups is 2. The van der Waals surface area contributed by atoms with Crippen LogP contribution in [-0.4, -0.2) is 90.0 Å². The lowest BCUT2D eigenvalue weighted by molar-refractivity contribution is -0.318. The summed E-state index contributed by atoms with van der Waals surface area (Å²) in [7, 11) is 2.67. The second-order valence-corrected chi connectivity index (χ2v) is 9.17. The minimum Gasteiger partial charge on any atom is -0.469 e. The number of fused-ring (bicyclic) bond motifs is 1. The lowest BCUT2D eigenvalue weighted by Crippen LogP contribution is -2.60. The molecule has 0 radical (unpaired) electrons. The molecule has 0 bridgehead atoms. The van der Waals surface area contributed by atoms with Gasteiger partial charge in [-0.3, -0.25) is 4.79 Å². The molecule has 32 heavy (non-hydrogen) atoms. The highest BCUT2D eigenvalue weighted by molar-refractivity contribution is 5.88. The number of hydrogen-bond donors (Lipinski definition) is 4. The number of carbonyl (C=O) groups excluding carboxylic acids is 2. The Bertz CT molecular complexity index is 722. The Kier molecular flexibility index (Phi) is 7.95. The maximum atomic E-state index is 12.1. The predicted octanol–water partition coefficient (Wildman–Crippen LogP) is -0.340. The van der Waals surface area contributed by atoms with E-state index in [4.69, 9.17) is 18.9 Å². The van der Waals surface area contributed by atoms with E-state index in [1.807, 2.05) is 13.0 Å². The monoisotopic (exact) mass is 458 g/mol. The van der Waals surface area contributed by atoms with Gasteiger partial charge in [0.2, 0.25) is 0 Å². The van der Waals surface area contributed by atoms with Crippen LogP contribution < -0.4 is 0 Å². The zero-order valence-electron chi connectivity index (χ0n) is 18.7. The fourth-order valence-corrected chi connectivity index (χ4v) is 5.46. The first-order valence-corrected chi connectivity index (χ1v) is 11.0. The van der Waals surface area contributed by atoms with Gasteiger partial charge in [-0.25, -0.2) is 4.79 Å². The molecule has 0 spiro atoms. The van der Waals surface area contributed by atoms with Crippen LogP contribution in [0, 0.1) is 17.3 Å². The molecule has 4 N–H and O–H groups in total. The van der Waals surface area contributed by atoms with Crippen molar-refractivity contribution in [3.8, 4) is 0 Å². The second-order valence-electron chi connectivity index (χ2n) is 9.17.